The van der Waals surface area contributed by atoms with Crippen molar-refractivity contribution in [2.24, 2.45) is 0 Å². The van der Waals surface area contributed by atoms with E-state index in [1.807, 2.05) is 6.07 Å². The summed E-state index contributed by atoms with van der Waals surface area (Å²) in [4.78, 5) is 26.4. The Balaban J connectivity index is 2.05. The van der Waals surface area contributed by atoms with Crippen LogP contribution in [0.2, 0.25) is 0 Å². The Kier molecular flexibility index (Phi) is 6.99. The third kappa shape index (κ3) is 5.49. The second-order valence-electron chi connectivity index (χ2n) is 5.38. The number of hydrogen-bond acceptors (Lipinski definition) is 4. The predicted octanol–water partition coefficient (Wildman–Crippen LogP) is 3.71. The maximum absolute atomic E-state index is 12.7. The Labute approximate surface area is 149 Å². The standard InChI is InChI=1S/C17H20BrN3O3/c1-2-3-4-9-21(12-16(22)19-15-8-10-24-20-15)17(23)13-6-5-7-14(18)11-13/h5-8,10-11H,2-4,9,12H2,1H3,(H,19,20,22). The van der Waals surface area contributed by atoms with E-state index in [1.165, 1.54) is 6.26 Å². The molecule has 0 radical (unpaired) electrons. The van der Waals surface area contributed by atoms with Crippen molar-refractivity contribution in [3.05, 3.63) is 46.6 Å². The molecule has 0 fully saturated rings. The first-order chi connectivity index (χ1) is 11.6. The van der Waals surface area contributed by atoms with E-state index in [0.717, 1.165) is 23.7 Å². The van der Waals surface area contributed by atoms with Crippen molar-refractivity contribution >= 4 is 33.6 Å². The first kappa shape index (κ1) is 18.2. The van der Waals surface area contributed by atoms with Gasteiger partial charge < -0.3 is 14.7 Å². The summed E-state index contributed by atoms with van der Waals surface area (Å²) < 4.78 is 5.51. The molecule has 2 rings (SSSR count). The lowest BCUT2D eigenvalue weighted by atomic mass is 10.1. The highest BCUT2D eigenvalue weighted by molar-refractivity contribution is 9.10. The SMILES string of the molecule is CCCCCN(CC(=O)Nc1ccon1)C(=O)c1cccc(Br)c1. The summed E-state index contributed by atoms with van der Waals surface area (Å²) in [5, 5.41) is 6.25. The van der Waals surface area contributed by atoms with Crippen LogP contribution in [0.3, 0.4) is 0 Å². The van der Waals surface area contributed by atoms with Crippen molar-refractivity contribution in [1.29, 1.82) is 0 Å². The van der Waals surface area contributed by atoms with Gasteiger partial charge in [0.2, 0.25) is 5.91 Å². The van der Waals surface area contributed by atoms with E-state index in [0.29, 0.717) is 17.9 Å². The fourth-order valence-electron chi connectivity index (χ4n) is 2.24. The van der Waals surface area contributed by atoms with Crippen LogP contribution in [0.15, 0.2) is 45.6 Å². The zero-order chi connectivity index (χ0) is 17.4. The van der Waals surface area contributed by atoms with Crippen molar-refractivity contribution in [2.75, 3.05) is 18.4 Å². The van der Waals surface area contributed by atoms with E-state index in [1.54, 1.807) is 29.2 Å². The van der Waals surface area contributed by atoms with Gasteiger partial charge in [0.1, 0.15) is 12.8 Å². The summed E-state index contributed by atoms with van der Waals surface area (Å²) in [5.74, 6) is -0.130. The fraction of sp³-hybridized carbons (Fsp3) is 0.353. The summed E-state index contributed by atoms with van der Waals surface area (Å²) >= 11 is 3.37. The lowest BCUT2D eigenvalue weighted by Crippen LogP contribution is -2.38. The number of carbonyl (C=O) groups is 2. The minimum absolute atomic E-state index is 0.0259. The number of amides is 2. The van der Waals surface area contributed by atoms with E-state index in [-0.39, 0.29) is 18.4 Å². The van der Waals surface area contributed by atoms with Crippen molar-refractivity contribution in [3.8, 4) is 0 Å². The molecule has 24 heavy (non-hydrogen) atoms. The molecule has 0 saturated carbocycles. The minimum Gasteiger partial charge on any atom is -0.363 e. The summed E-state index contributed by atoms with van der Waals surface area (Å²) in [7, 11) is 0. The molecule has 6 nitrogen and oxygen atoms in total. The maximum atomic E-state index is 12.7. The number of carbonyl (C=O) groups excluding carboxylic acids is 2. The zero-order valence-electron chi connectivity index (χ0n) is 13.5. The molecule has 0 spiro atoms. The zero-order valence-corrected chi connectivity index (χ0v) is 15.1. The molecule has 0 unspecified atom stereocenters. The third-order valence-corrected chi connectivity index (χ3v) is 3.92. The summed E-state index contributed by atoms with van der Waals surface area (Å²) in [5.41, 5.74) is 0.551. The Bertz CT molecular complexity index is 673. The Morgan fingerprint density at radius 3 is 2.79 bits per heavy atom. The molecule has 0 aliphatic carbocycles. The van der Waals surface area contributed by atoms with Gasteiger partial charge in [0.05, 0.1) is 0 Å². The van der Waals surface area contributed by atoms with Crippen LogP contribution in [-0.2, 0) is 4.79 Å². The molecule has 7 heteroatoms. The molecule has 0 bridgehead atoms. The van der Waals surface area contributed by atoms with Crippen LogP contribution in [0.1, 0.15) is 36.5 Å². The van der Waals surface area contributed by atoms with Gasteiger partial charge >= 0.3 is 0 Å². The highest BCUT2D eigenvalue weighted by atomic mass is 79.9. The molecule has 0 saturated heterocycles. The van der Waals surface area contributed by atoms with Crippen LogP contribution in [0.4, 0.5) is 5.82 Å². The Morgan fingerprint density at radius 2 is 2.12 bits per heavy atom. The van der Waals surface area contributed by atoms with Crippen molar-refractivity contribution in [3.63, 3.8) is 0 Å². The lowest BCUT2D eigenvalue weighted by Gasteiger charge is -2.22. The molecular formula is C17H20BrN3O3. The van der Waals surface area contributed by atoms with Crippen LogP contribution in [0.5, 0.6) is 0 Å². The van der Waals surface area contributed by atoms with Gasteiger partial charge in [0.25, 0.3) is 5.91 Å². The van der Waals surface area contributed by atoms with Crippen molar-refractivity contribution in [2.45, 2.75) is 26.2 Å². The molecule has 1 heterocycles. The fourth-order valence-corrected chi connectivity index (χ4v) is 2.64. The molecule has 1 aromatic carbocycles. The average molecular weight is 394 g/mol. The molecule has 0 aliphatic rings. The van der Waals surface area contributed by atoms with Gasteiger partial charge in [-0.15, -0.1) is 0 Å². The van der Waals surface area contributed by atoms with Gasteiger partial charge in [0.15, 0.2) is 5.82 Å². The van der Waals surface area contributed by atoms with Gasteiger partial charge in [-0.1, -0.05) is 46.9 Å². The molecule has 1 N–H and O–H groups in total. The molecule has 128 valence electrons. The van der Waals surface area contributed by atoms with Crippen molar-refractivity contribution < 1.29 is 14.1 Å². The van der Waals surface area contributed by atoms with Gasteiger partial charge in [0, 0.05) is 22.6 Å². The van der Waals surface area contributed by atoms with Crippen LogP contribution < -0.4 is 5.32 Å². The first-order valence-electron chi connectivity index (χ1n) is 7.85. The Hall–Kier alpha value is -2.15. The molecule has 0 aliphatic heterocycles. The summed E-state index contributed by atoms with van der Waals surface area (Å²) in [6, 6.07) is 8.71. The van der Waals surface area contributed by atoms with Crippen LogP contribution in [0, 0.1) is 0 Å². The second-order valence-corrected chi connectivity index (χ2v) is 6.29. The molecule has 2 amide bonds. The monoisotopic (exact) mass is 393 g/mol. The van der Waals surface area contributed by atoms with Gasteiger partial charge in [-0.05, 0) is 24.6 Å². The number of rotatable bonds is 8. The first-order valence-corrected chi connectivity index (χ1v) is 8.64. The maximum Gasteiger partial charge on any atom is 0.254 e. The number of nitrogens with one attached hydrogen (secondary N) is 1. The third-order valence-electron chi connectivity index (χ3n) is 3.43. The van der Waals surface area contributed by atoms with Gasteiger partial charge in [-0.3, -0.25) is 9.59 Å². The number of unbranched alkanes of at least 4 members (excludes halogenated alkanes) is 2. The van der Waals surface area contributed by atoms with E-state index < -0.39 is 0 Å². The number of benzene rings is 1. The highest BCUT2D eigenvalue weighted by Gasteiger charge is 2.19. The summed E-state index contributed by atoms with van der Waals surface area (Å²) in [6.45, 7) is 2.60. The predicted molar refractivity (Wildman–Crippen MR) is 94.7 cm³/mol. The normalized spacial score (nSPS) is 10.4. The van der Waals surface area contributed by atoms with Crippen LogP contribution in [0.25, 0.3) is 0 Å². The highest BCUT2D eigenvalue weighted by Crippen LogP contribution is 2.14. The Morgan fingerprint density at radius 1 is 1.29 bits per heavy atom. The number of halogens is 1. The summed E-state index contributed by atoms with van der Waals surface area (Å²) in [6.07, 6.45) is 4.28. The largest absolute Gasteiger partial charge is 0.363 e. The average Bonchev–Trinajstić information content (AvgIpc) is 3.06. The smallest absolute Gasteiger partial charge is 0.254 e. The number of aromatic nitrogens is 1. The minimum atomic E-state index is -0.302. The van der Waals surface area contributed by atoms with Crippen LogP contribution in [-0.4, -0.2) is 35.0 Å². The number of nitrogens with zero attached hydrogens (tertiary/aromatic N) is 2. The quantitative estimate of drug-likeness (QED) is 0.693. The van der Waals surface area contributed by atoms with Crippen molar-refractivity contribution in [1.82, 2.24) is 10.1 Å². The van der Waals surface area contributed by atoms with Crippen LogP contribution >= 0.6 is 15.9 Å². The molecule has 2 aromatic rings. The van der Waals surface area contributed by atoms with E-state index in [4.69, 9.17) is 0 Å². The number of hydrogen-bond donors (Lipinski definition) is 1. The van der Waals surface area contributed by atoms with E-state index in [9.17, 15) is 9.59 Å². The lowest BCUT2D eigenvalue weighted by molar-refractivity contribution is -0.117. The topological polar surface area (TPSA) is 75.4 Å². The van der Waals surface area contributed by atoms with E-state index in [2.05, 4.69) is 37.9 Å². The second kappa shape index (κ2) is 9.22. The van der Waals surface area contributed by atoms with Gasteiger partial charge in [-0.25, -0.2) is 0 Å². The molecule has 0 atom stereocenters. The molecule has 1 aromatic heterocycles. The van der Waals surface area contributed by atoms with E-state index >= 15 is 0 Å². The van der Waals surface area contributed by atoms with Gasteiger partial charge in [-0.2, -0.15) is 0 Å². The number of anilines is 1. The molecular weight excluding hydrogens is 374 g/mol.